The number of nitrogens with one attached hydrogen (secondary N) is 2. The van der Waals surface area contributed by atoms with Gasteiger partial charge in [-0.3, -0.25) is 0 Å². The zero-order valence-corrected chi connectivity index (χ0v) is 8.33. The van der Waals surface area contributed by atoms with Gasteiger partial charge in [-0.1, -0.05) is 11.6 Å². The van der Waals surface area contributed by atoms with Crippen molar-refractivity contribution < 1.29 is 0 Å². The first-order valence-electron chi connectivity index (χ1n) is 4.80. The van der Waals surface area contributed by atoms with Crippen LogP contribution in [0.1, 0.15) is 6.42 Å². The molecule has 1 aromatic rings. The molecule has 0 aromatic carbocycles. The fourth-order valence-electron chi connectivity index (χ4n) is 2.27. The normalized spacial score (nSPS) is 33.9. The molecular formula is C9H11ClN4. The van der Waals surface area contributed by atoms with Crippen LogP contribution in [0.15, 0.2) is 12.5 Å². The second-order valence-electron chi connectivity index (χ2n) is 3.90. The molecule has 3 aliphatic rings. The highest BCUT2D eigenvalue weighted by Crippen LogP contribution is 2.36. The summed E-state index contributed by atoms with van der Waals surface area (Å²) in [4.78, 5) is 7.97. The van der Waals surface area contributed by atoms with Crippen LogP contribution in [-0.2, 0) is 0 Å². The zero-order chi connectivity index (χ0) is 9.54. The van der Waals surface area contributed by atoms with Crippen LogP contribution in [0.25, 0.3) is 0 Å². The first-order valence-corrected chi connectivity index (χ1v) is 5.18. The fraction of sp³-hybridized carbons (Fsp3) is 0.556. The summed E-state index contributed by atoms with van der Waals surface area (Å²) < 4.78 is 0. The predicted molar refractivity (Wildman–Crippen MR) is 54.4 cm³/mol. The third-order valence-electron chi connectivity index (χ3n) is 3.11. The molecule has 2 aliphatic heterocycles. The van der Waals surface area contributed by atoms with Crippen LogP contribution in [0.3, 0.4) is 0 Å². The molecule has 3 unspecified atom stereocenters. The molecule has 14 heavy (non-hydrogen) atoms. The number of rotatable bonds is 2. The number of hydrogen-bond donors (Lipinski definition) is 2. The number of anilines is 1. The molecule has 2 bridgehead atoms. The van der Waals surface area contributed by atoms with Crippen molar-refractivity contribution in [2.45, 2.75) is 18.5 Å². The molecule has 4 nitrogen and oxygen atoms in total. The Labute approximate surface area is 87.1 Å². The minimum atomic E-state index is 0.502. The van der Waals surface area contributed by atoms with Crippen molar-refractivity contribution in [2.24, 2.45) is 5.92 Å². The van der Waals surface area contributed by atoms with E-state index in [4.69, 9.17) is 11.6 Å². The minimum Gasteiger partial charge on any atom is -0.364 e. The van der Waals surface area contributed by atoms with E-state index in [1.165, 1.54) is 12.7 Å². The second kappa shape index (κ2) is 3.07. The average molecular weight is 211 g/mol. The SMILES string of the molecule is Clc1cncnc1NC1C2CNC1C2. The Morgan fingerprint density at radius 3 is 3.14 bits per heavy atom. The van der Waals surface area contributed by atoms with E-state index in [9.17, 15) is 0 Å². The molecule has 2 N–H and O–H groups in total. The summed E-state index contributed by atoms with van der Waals surface area (Å²) in [5.41, 5.74) is 0. The molecule has 4 rings (SSSR count). The molecule has 2 saturated heterocycles. The summed E-state index contributed by atoms with van der Waals surface area (Å²) in [5, 5.41) is 7.39. The van der Waals surface area contributed by atoms with Crippen molar-refractivity contribution in [1.29, 1.82) is 0 Å². The second-order valence-corrected chi connectivity index (χ2v) is 4.31. The van der Waals surface area contributed by atoms with Gasteiger partial charge >= 0.3 is 0 Å². The Morgan fingerprint density at radius 2 is 2.50 bits per heavy atom. The van der Waals surface area contributed by atoms with Gasteiger partial charge in [0.2, 0.25) is 0 Å². The summed E-state index contributed by atoms with van der Waals surface area (Å²) >= 11 is 5.96. The Bertz CT molecular complexity index is 342. The molecule has 74 valence electrons. The highest BCUT2D eigenvalue weighted by Gasteiger charge is 2.46. The Hall–Kier alpha value is -0.870. The standard InChI is InChI=1S/C9H11ClN4/c10-6-3-11-4-13-9(6)14-8-5-1-7(8)12-2-5/h3-5,7-8,12H,1-2H2,(H,11,13,14). The summed E-state index contributed by atoms with van der Waals surface area (Å²) in [6, 6.07) is 1.11. The first kappa shape index (κ1) is 8.44. The van der Waals surface area contributed by atoms with Crippen LogP contribution >= 0.6 is 11.6 Å². The van der Waals surface area contributed by atoms with Crippen LogP contribution < -0.4 is 10.6 Å². The van der Waals surface area contributed by atoms with Gasteiger partial charge in [0.05, 0.1) is 6.20 Å². The van der Waals surface area contributed by atoms with Gasteiger partial charge in [0, 0.05) is 18.6 Å². The molecule has 0 radical (unpaired) electrons. The van der Waals surface area contributed by atoms with Crippen LogP contribution in [0.5, 0.6) is 0 Å². The van der Waals surface area contributed by atoms with Crippen molar-refractivity contribution in [3.8, 4) is 0 Å². The number of aromatic nitrogens is 2. The maximum absolute atomic E-state index is 5.96. The van der Waals surface area contributed by atoms with Crippen LogP contribution in [-0.4, -0.2) is 28.6 Å². The summed E-state index contributed by atoms with van der Waals surface area (Å²) in [5.74, 6) is 1.50. The Morgan fingerprint density at radius 1 is 1.57 bits per heavy atom. The van der Waals surface area contributed by atoms with E-state index in [0.717, 1.165) is 18.3 Å². The van der Waals surface area contributed by atoms with Gasteiger partial charge in [-0.25, -0.2) is 9.97 Å². The molecular weight excluding hydrogens is 200 g/mol. The topological polar surface area (TPSA) is 49.8 Å². The number of halogens is 1. The lowest BCUT2D eigenvalue weighted by Crippen LogP contribution is -2.47. The van der Waals surface area contributed by atoms with Gasteiger partial charge < -0.3 is 10.6 Å². The lowest BCUT2D eigenvalue weighted by atomic mass is 9.80. The number of hydrogen-bond acceptors (Lipinski definition) is 4. The Kier molecular flexibility index (Phi) is 1.85. The highest BCUT2D eigenvalue weighted by atomic mass is 35.5. The lowest BCUT2D eigenvalue weighted by Gasteiger charge is -2.35. The zero-order valence-electron chi connectivity index (χ0n) is 7.57. The maximum Gasteiger partial charge on any atom is 0.148 e. The van der Waals surface area contributed by atoms with E-state index in [1.807, 2.05) is 0 Å². The largest absolute Gasteiger partial charge is 0.364 e. The van der Waals surface area contributed by atoms with Crippen molar-refractivity contribution in [3.63, 3.8) is 0 Å². The van der Waals surface area contributed by atoms with Crippen molar-refractivity contribution in [3.05, 3.63) is 17.5 Å². The molecule has 1 aromatic heterocycles. The highest BCUT2D eigenvalue weighted by molar-refractivity contribution is 6.32. The summed E-state index contributed by atoms with van der Waals surface area (Å²) in [6.07, 6.45) is 4.41. The maximum atomic E-state index is 5.96. The predicted octanol–water partition coefficient (Wildman–Crippen LogP) is 0.902. The van der Waals surface area contributed by atoms with Gasteiger partial charge in [0.25, 0.3) is 0 Å². The lowest BCUT2D eigenvalue weighted by molar-refractivity contribution is 0.326. The van der Waals surface area contributed by atoms with E-state index in [0.29, 0.717) is 17.1 Å². The van der Waals surface area contributed by atoms with Crippen molar-refractivity contribution in [1.82, 2.24) is 15.3 Å². The molecule has 5 heteroatoms. The number of nitrogens with zero attached hydrogens (tertiary/aromatic N) is 2. The van der Waals surface area contributed by atoms with Gasteiger partial charge in [0.15, 0.2) is 0 Å². The molecule has 3 atom stereocenters. The van der Waals surface area contributed by atoms with E-state index in [1.54, 1.807) is 6.20 Å². The van der Waals surface area contributed by atoms with Crippen molar-refractivity contribution >= 4 is 17.4 Å². The average Bonchev–Trinajstić information content (AvgIpc) is 2.78. The molecule has 0 spiro atoms. The van der Waals surface area contributed by atoms with Gasteiger partial charge in [-0.2, -0.15) is 0 Å². The molecule has 0 amide bonds. The number of fused-ring (bicyclic) bond motifs is 1. The quantitative estimate of drug-likeness (QED) is 0.762. The molecule has 1 aliphatic carbocycles. The summed E-state index contributed by atoms with van der Waals surface area (Å²) in [7, 11) is 0. The minimum absolute atomic E-state index is 0.502. The van der Waals surface area contributed by atoms with Crippen molar-refractivity contribution in [2.75, 3.05) is 11.9 Å². The van der Waals surface area contributed by atoms with Crippen LogP contribution in [0, 0.1) is 5.92 Å². The molecule has 1 saturated carbocycles. The van der Waals surface area contributed by atoms with Crippen LogP contribution in [0.4, 0.5) is 5.82 Å². The Balaban J connectivity index is 1.76. The summed E-state index contributed by atoms with van der Waals surface area (Å²) in [6.45, 7) is 1.12. The van der Waals surface area contributed by atoms with E-state index < -0.39 is 0 Å². The smallest absolute Gasteiger partial charge is 0.148 e. The van der Waals surface area contributed by atoms with E-state index >= 15 is 0 Å². The third-order valence-corrected chi connectivity index (χ3v) is 3.39. The first-order chi connectivity index (χ1) is 6.84. The molecule has 3 fully saturated rings. The monoisotopic (exact) mass is 210 g/mol. The van der Waals surface area contributed by atoms with Gasteiger partial charge in [0.1, 0.15) is 17.2 Å². The fourth-order valence-corrected chi connectivity index (χ4v) is 2.43. The van der Waals surface area contributed by atoms with Crippen LogP contribution in [0.2, 0.25) is 5.02 Å². The molecule has 3 heterocycles. The van der Waals surface area contributed by atoms with E-state index in [-0.39, 0.29) is 0 Å². The van der Waals surface area contributed by atoms with E-state index in [2.05, 4.69) is 20.6 Å². The van der Waals surface area contributed by atoms with Gasteiger partial charge in [-0.05, 0) is 12.3 Å². The third kappa shape index (κ3) is 1.18. The van der Waals surface area contributed by atoms with Gasteiger partial charge in [-0.15, -0.1) is 0 Å².